The number of ether oxygens (including phenoxy) is 1. The first-order valence-corrected chi connectivity index (χ1v) is 9.84. The lowest BCUT2D eigenvalue weighted by atomic mass is 10.1. The molecule has 2 heterocycles. The third kappa shape index (κ3) is 5.40. The quantitative estimate of drug-likeness (QED) is 0.277. The van der Waals surface area contributed by atoms with Gasteiger partial charge in [0.2, 0.25) is 0 Å². The second kappa shape index (κ2) is 8.66. The Balaban J connectivity index is 1.73. The van der Waals surface area contributed by atoms with Gasteiger partial charge in [-0.25, -0.2) is 4.98 Å². The van der Waals surface area contributed by atoms with Crippen molar-refractivity contribution in [3.8, 4) is 0 Å². The maximum Gasteiger partial charge on any atom is 0.422 e. The van der Waals surface area contributed by atoms with Crippen LogP contribution < -0.4 is 16.8 Å². The summed E-state index contributed by atoms with van der Waals surface area (Å²) in [7, 11) is 0. The Hall–Kier alpha value is -2.95. The van der Waals surface area contributed by atoms with E-state index in [1.54, 1.807) is 13.0 Å². The number of amides is 1. The molecule has 0 spiro atoms. The highest BCUT2D eigenvalue weighted by atomic mass is 19.4. The third-order valence-corrected chi connectivity index (χ3v) is 5.34. The molecule has 0 aromatic carbocycles. The Bertz CT molecular complexity index is 912. The molecule has 1 aliphatic carbocycles. The molecule has 2 atom stereocenters. The number of allylic oxidation sites excluding steroid dienone is 2. The molecule has 1 fully saturated rings. The van der Waals surface area contributed by atoms with Gasteiger partial charge in [-0.2, -0.15) is 13.2 Å². The van der Waals surface area contributed by atoms with Crippen LogP contribution in [0, 0.1) is 5.92 Å². The molecule has 3 rings (SSSR count). The predicted molar refractivity (Wildman–Crippen MR) is 107 cm³/mol. The number of fused-ring (bicyclic) bond motifs is 1. The summed E-state index contributed by atoms with van der Waals surface area (Å²) >= 11 is 0. The standard InChI is InChI=1S/C20H26F3N5O3/c1-10(16(25)31-9-20(21,22)23)7-15(24)11(2)28-8-14-13(19(28)30)5-6-26-17(14)27-18(29)12-3-4-12/h5-7,11-12,18,29H,3-4,8-9,24-25H2,1-2H3,(H,26,27)/b15-7-,16-10+. The van der Waals surface area contributed by atoms with E-state index in [4.69, 9.17) is 11.5 Å². The van der Waals surface area contributed by atoms with Gasteiger partial charge in [-0.15, -0.1) is 0 Å². The Kier molecular flexibility index (Phi) is 6.35. The van der Waals surface area contributed by atoms with Crippen LogP contribution >= 0.6 is 0 Å². The molecule has 11 heteroatoms. The summed E-state index contributed by atoms with van der Waals surface area (Å²) in [5, 5.41) is 13.1. The molecule has 2 aliphatic rings. The average Bonchev–Trinajstić information content (AvgIpc) is 3.49. The molecular weight excluding hydrogens is 415 g/mol. The fraction of sp³-hybridized carbons (Fsp3) is 0.500. The molecule has 31 heavy (non-hydrogen) atoms. The summed E-state index contributed by atoms with van der Waals surface area (Å²) in [5.74, 6) is -0.0204. The summed E-state index contributed by atoms with van der Waals surface area (Å²) < 4.78 is 41.4. The molecule has 1 aliphatic heterocycles. The van der Waals surface area contributed by atoms with Gasteiger partial charge >= 0.3 is 6.18 Å². The number of nitrogens with zero attached hydrogens (tertiary/aromatic N) is 2. The van der Waals surface area contributed by atoms with Crippen molar-refractivity contribution in [1.29, 1.82) is 0 Å². The first kappa shape index (κ1) is 22.7. The molecule has 170 valence electrons. The predicted octanol–water partition coefficient (Wildman–Crippen LogP) is 2.18. The molecule has 1 amide bonds. The van der Waals surface area contributed by atoms with E-state index in [0.29, 0.717) is 16.9 Å². The van der Waals surface area contributed by atoms with Crippen molar-refractivity contribution in [3.05, 3.63) is 46.6 Å². The van der Waals surface area contributed by atoms with Gasteiger partial charge in [0.1, 0.15) is 12.0 Å². The highest BCUT2D eigenvalue weighted by Crippen LogP contribution is 2.35. The third-order valence-electron chi connectivity index (χ3n) is 5.34. The SMILES string of the molecule is CC(/C=C(\N)C(C)N1Cc2c(ccnc2NC(O)C2CC2)C1=O)=C(/N)OCC(F)(F)F. The summed E-state index contributed by atoms with van der Waals surface area (Å²) in [6, 6.07) is 1.04. The molecule has 0 radical (unpaired) electrons. The molecule has 2 unspecified atom stereocenters. The minimum absolute atomic E-state index is 0.183. The topological polar surface area (TPSA) is 127 Å². The highest BCUT2D eigenvalue weighted by molar-refractivity contribution is 6.00. The minimum atomic E-state index is -4.51. The van der Waals surface area contributed by atoms with Gasteiger partial charge in [0.05, 0.1) is 12.6 Å². The molecule has 1 aromatic heterocycles. The largest absolute Gasteiger partial charge is 0.470 e. The highest BCUT2D eigenvalue weighted by Gasteiger charge is 2.36. The fourth-order valence-corrected chi connectivity index (χ4v) is 3.25. The number of aromatic nitrogens is 1. The van der Waals surface area contributed by atoms with Crippen LogP contribution in [-0.4, -0.2) is 46.0 Å². The van der Waals surface area contributed by atoms with Crippen LogP contribution in [0.4, 0.5) is 19.0 Å². The molecular formula is C20H26F3N5O3. The lowest BCUT2D eigenvalue weighted by Gasteiger charge is -2.25. The Morgan fingerprint density at radius 2 is 2.13 bits per heavy atom. The first-order valence-electron chi connectivity index (χ1n) is 9.84. The van der Waals surface area contributed by atoms with Crippen LogP contribution in [0.1, 0.15) is 42.6 Å². The second-order valence-corrected chi connectivity index (χ2v) is 7.82. The van der Waals surface area contributed by atoms with Crippen molar-refractivity contribution >= 4 is 11.7 Å². The molecule has 0 bridgehead atoms. The van der Waals surface area contributed by atoms with E-state index in [2.05, 4.69) is 15.0 Å². The van der Waals surface area contributed by atoms with E-state index < -0.39 is 30.9 Å². The number of rotatable bonds is 8. The second-order valence-electron chi connectivity index (χ2n) is 7.82. The van der Waals surface area contributed by atoms with E-state index in [1.807, 2.05) is 0 Å². The van der Waals surface area contributed by atoms with Gasteiger partial charge in [-0.05, 0) is 38.8 Å². The zero-order valence-electron chi connectivity index (χ0n) is 17.2. The van der Waals surface area contributed by atoms with Crippen molar-refractivity contribution in [2.75, 3.05) is 11.9 Å². The van der Waals surface area contributed by atoms with Crippen LogP contribution in [0.2, 0.25) is 0 Å². The summed E-state index contributed by atoms with van der Waals surface area (Å²) in [4.78, 5) is 18.7. The normalized spacial score (nSPS) is 19.6. The van der Waals surface area contributed by atoms with Crippen molar-refractivity contribution in [2.45, 2.75) is 51.7 Å². The number of nitrogens with two attached hydrogens (primary N) is 2. The van der Waals surface area contributed by atoms with E-state index in [1.165, 1.54) is 24.1 Å². The number of hydrogen-bond acceptors (Lipinski definition) is 7. The van der Waals surface area contributed by atoms with Gasteiger partial charge in [0.25, 0.3) is 5.91 Å². The average molecular weight is 441 g/mol. The Morgan fingerprint density at radius 1 is 1.45 bits per heavy atom. The Labute approximate surface area is 177 Å². The number of nitrogens with one attached hydrogen (secondary N) is 1. The van der Waals surface area contributed by atoms with Crippen molar-refractivity contribution < 1.29 is 27.8 Å². The number of aliphatic hydroxyl groups excluding tert-OH is 1. The molecule has 1 aromatic rings. The zero-order valence-corrected chi connectivity index (χ0v) is 17.2. The summed E-state index contributed by atoms with van der Waals surface area (Å²) in [6.07, 6.45) is -0.463. The maximum atomic E-state index is 12.9. The molecule has 1 saturated carbocycles. The summed E-state index contributed by atoms with van der Waals surface area (Å²) in [6.45, 7) is 1.89. The summed E-state index contributed by atoms with van der Waals surface area (Å²) in [5.41, 5.74) is 13.2. The van der Waals surface area contributed by atoms with Gasteiger partial charge < -0.3 is 31.5 Å². The van der Waals surface area contributed by atoms with E-state index in [-0.39, 0.29) is 29.6 Å². The monoisotopic (exact) mass is 441 g/mol. The fourth-order valence-electron chi connectivity index (χ4n) is 3.25. The van der Waals surface area contributed by atoms with Gasteiger partial charge in [0.15, 0.2) is 12.5 Å². The smallest absolute Gasteiger partial charge is 0.422 e. The van der Waals surface area contributed by atoms with Crippen molar-refractivity contribution in [3.63, 3.8) is 0 Å². The van der Waals surface area contributed by atoms with Crippen molar-refractivity contribution in [1.82, 2.24) is 9.88 Å². The van der Waals surface area contributed by atoms with E-state index in [0.717, 1.165) is 12.8 Å². The first-order chi connectivity index (χ1) is 14.5. The van der Waals surface area contributed by atoms with Crippen molar-refractivity contribution in [2.24, 2.45) is 17.4 Å². The number of aliphatic hydroxyl groups is 1. The van der Waals surface area contributed by atoms with Crippen LogP contribution in [0.15, 0.2) is 35.5 Å². The Morgan fingerprint density at radius 3 is 2.74 bits per heavy atom. The number of anilines is 1. The zero-order chi connectivity index (χ0) is 22.9. The van der Waals surface area contributed by atoms with Crippen LogP contribution in [0.5, 0.6) is 0 Å². The molecule has 8 nitrogen and oxygen atoms in total. The van der Waals surface area contributed by atoms with E-state index >= 15 is 0 Å². The van der Waals surface area contributed by atoms with Crippen LogP contribution in [-0.2, 0) is 11.3 Å². The maximum absolute atomic E-state index is 12.9. The van der Waals surface area contributed by atoms with Crippen LogP contribution in [0.25, 0.3) is 0 Å². The number of pyridine rings is 1. The number of carbonyl (C=O) groups excluding carboxylic acids is 1. The van der Waals surface area contributed by atoms with Gasteiger partial charge in [-0.3, -0.25) is 4.79 Å². The molecule has 6 N–H and O–H groups in total. The number of alkyl halides is 3. The lowest BCUT2D eigenvalue weighted by Crippen LogP contribution is -2.37. The van der Waals surface area contributed by atoms with Gasteiger partial charge in [0, 0.05) is 34.5 Å². The van der Waals surface area contributed by atoms with Gasteiger partial charge in [-0.1, -0.05) is 0 Å². The number of hydrogen-bond donors (Lipinski definition) is 4. The van der Waals surface area contributed by atoms with E-state index in [9.17, 15) is 23.1 Å². The minimum Gasteiger partial charge on any atom is -0.470 e. The number of halogens is 3. The number of carbonyl (C=O) groups is 1. The van der Waals surface area contributed by atoms with Crippen LogP contribution in [0.3, 0.4) is 0 Å². The lowest BCUT2D eigenvalue weighted by molar-refractivity contribution is -0.165. The molecule has 0 saturated heterocycles.